The number of hydrogen-bond donors (Lipinski definition) is 1. The van der Waals surface area contributed by atoms with Gasteiger partial charge in [-0.3, -0.25) is 0 Å². The zero-order valence-corrected chi connectivity index (χ0v) is 6.83. The van der Waals surface area contributed by atoms with Crippen molar-refractivity contribution in [3.63, 3.8) is 0 Å². The maximum Gasteiger partial charge on any atom is 0.115 e. The molecule has 0 unspecified atom stereocenters. The molecular formula is C9H11BO. The van der Waals surface area contributed by atoms with E-state index in [1.807, 2.05) is 26.0 Å². The quantitative estimate of drug-likeness (QED) is 0.598. The van der Waals surface area contributed by atoms with E-state index >= 15 is 0 Å². The molecule has 11 heavy (non-hydrogen) atoms. The standard InChI is InChI=1S/C9H11BO/c1-9(2,10)7-3-5-8(11)6-4-7/h3-6,11H,1-2H3. The summed E-state index contributed by atoms with van der Waals surface area (Å²) in [5, 5.41) is 8.66. The lowest BCUT2D eigenvalue weighted by Crippen LogP contribution is -2.15. The second-order valence-corrected chi connectivity index (χ2v) is 3.27. The molecule has 0 aliphatic rings. The summed E-state index contributed by atoms with van der Waals surface area (Å²) < 4.78 is 0. The first-order valence-corrected chi connectivity index (χ1v) is 3.58. The second kappa shape index (κ2) is 2.61. The fraction of sp³-hybridized carbons (Fsp3) is 0.333. The minimum absolute atomic E-state index is 0.276. The van der Waals surface area contributed by atoms with Gasteiger partial charge in [0.05, 0.1) is 7.85 Å². The van der Waals surface area contributed by atoms with Crippen LogP contribution in [0.3, 0.4) is 0 Å². The highest BCUT2D eigenvalue weighted by atomic mass is 16.3. The lowest BCUT2D eigenvalue weighted by atomic mass is 9.67. The first kappa shape index (κ1) is 8.18. The highest BCUT2D eigenvalue weighted by molar-refractivity contribution is 6.15. The van der Waals surface area contributed by atoms with Crippen molar-refractivity contribution < 1.29 is 5.11 Å². The maximum atomic E-state index is 8.98. The van der Waals surface area contributed by atoms with E-state index in [2.05, 4.69) is 0 Å². The predicted octanol–water partition coefficient (Wildman–Crippen LogP) is 1.80. The van der Waals surface area contributed by atoms with Gasteiger partial charge in [0, 0.05) is 0 Å². The minimum atomic E-state index is -0.326. The molecule has 0 aliphatic heterocycles. The summed E-state index contributed by atoms with van der Waals surface area (Å²) in [5.41, 5.74) is 1.02. The van der Waals surface area contributed by atoms with Crippen molar-refractivity contribution in [1.82, 2.24) is 0 Å². The molecule has 0 aliphatic carbocycles. The van der Waals surface area contributed by atoms with Gasteiger partial charge in [0.15, 0.2) is 0 Å². The van der Waals surface area contributed by atoms with Crippen molar-refractivity contribution in [3.05, 3.63) is 29.8 Å². The molecule has 0 spiro atoms. The van der Waals surface area contributed by atoms with Crippen molar-refractivity contribution in [2.45, 2.75) is 19.2 Å². The van der Waals surface area contributed by atoms with E-state index in [0.29, 0.717) is 0 Å². The van der Waals surface area contributed by atoms with Crippen LogP contribution < -0.4 is 0 Å². The molecule has 0 atom stereocenters. The van der Waals surface area contributed by atoms with Crippen molar-refractivity contribution in [1.29, 1.82) is 0 Å². The number of aromatic hydroxyl groups is 1. The predicted molar refractivity (Wildman–Crippen MR) is 46.9 cm³/mol. The van der Waals surface area contributed by atoms with Crippen LogP contribution >= 0.6 is 0 Å². The Morgan fingerprint density at radius 2 is 1.64 bits per heavy atom. The van der Waals surface area contributed by atoms with Gasteiger partial charge in [-0.25, -0.2) is 0 Å². The summed E-state index contributed by atoms with van der Waals surface area (Å²) in [5.74, 6) is 0.276. The van der Waals surface area contributed by atoms with E-state index in [9.17, 15) is 0 Å². The number of benzene rings is 1. The normalized spacial score (nSPS) is 11.5. The highest BCUT2D eigenvalue weighted by Gasteiger charge is 2.11. The second-order valence-electron chi connectivity index (χ2n) is 3.27. The number of rotatable bonds is 1. The van der Waals surface area contributed by atoms with Gasteiger partial charge in [0.25, 0.3) is 0 Å². The molecule has 0 amide bonds. The molecule has 56 valence electrons. The third-order valence-corrected chi connectivity index (χ3v) is 1.61. The van der Waals surface area contributed by atoms with Gasteiger partial charge in [-0.2, -0.15) is 0 Å². The Morgan fingerprint density at radius 1 is 1.18 bits per heavy atom. The van der Waals surface area contributed by atoms with Crippen molar-refractivity contribution in [2.75, 3.05) is 0 Å². The molecule has 0 aromatic heterocycles. The van der Waals surface area contributed by atoms with Crippen LogP contribution in [-0.4, -0.2) is 13.0 Å². The summed E-state index contributed by atoms with van der Waals surface area (Å²) in [6.45, 7) is 3.86. The van der Waals surface area contributed by atoms with Crippen molar-refractivity contribution in [3.8, 4) is 5.75 Å². The Labute approximate surface area is 68.5 Å². The molecule has 0 fully saturated rings. The van der Waals surface area contributed by atoms with Gasteiger partial charge in [-0.05, 0) is 17.4 Å². The number of phenolic OH excluding ortho intramolecular Hbond substituents is 1. The largest absolute Gasteiger partial charge is 0.508 e. The summed E-state index contributed by atoms with van der Waals surface area (Å²) in [6, 6.07) is 6.94. The Kier molecular flexibility index (Phi) is 1.94. The average Bonchev–Trinajstić information content (AvgIpc) is 1.86. The fourth-order valence-electron chi connectivity index (χ4n) is 0.891. The van der Waals surface area contributed by atoms with E-state index in [4.69, 9.17) is 13.0 Å². The summed E-state index contributed by atoms with van der Waals surface area (Å²) in [7, 11) is 5.83. The molecule has 1 aromatic rings. The van der Waals surface area contributed by atoms with Crippen LogP contribution in [0.1, 0.15) is 19.4 Å². The molecule has 1 aromatic carbocycles. The summed E-state index contributed by atoms with van der Waals surface area (Å²) >= 11 is 0. The van der Waals surface area contributed by atoms with Gasteiger partial charge < -0.3 is 5.11 Å². The first-order valence-electron chi connectivity index (χ1n) is 3.58. The number of hydrogen-bond acceptors (Lipinski definition) is 1. The zero-order chi connectivity index (χ0) is 8.48. The maximum absolute atomic E-state index is 8.98. The molecule has 0 saturated carbocycles. The lowest BCUT2D eigenvalue weighted by molar-refractivity contribution is 0.475. The summed E-state index contributed by atoms with van der Waals surface area (Å²) in [6.07, 6.45) is 0. The van der Waals surface area contributed by atoms with Gasteiger partial charge >= 0.3 is 0 Å². The fourth-order valence-corrected chi connectivity index (χ4v) is 0.891. The Balaban J connectivity index is 2.99. The van der Waals surface area contributed by atoms with Crippen molar-refractivity contribution >= 4 is 7.85 Å². The monoisotopic (exact) mass is 146 g/mol. The van der Waals surface area contributed by atoms with E-state index in [0.717, 1.165) is 5.56 Å². The van der Waals surface area contributed by atoms with E-state index in [1.165, 1.54) is 0 Å². The SMILES string of the molecule is [B]C(C)(C)c1ccc(O)cc1. The first-order chi connectivity index (χ1) is 5.00. The molecule has 1 rings (SSSR count). The lowest BCUT2D eigenvalue weighted by Gasteiger charge is -2.18. The van der Waals surface area contributed by atoms with Crippen molar-refractivity contribution in [2.24, 2.45) is 0 Å². The zero-order valence-electron chi connectivity index (χ0n) is 6.83. The van der Waals surface area contributed by atoms with Crippen LogP contribution in [0.4, 0.5) is 0 Å². The molecule has 1 N–H and O–H groups in total. The Bertz CT molecular complexity index is 233. The molecule has 2 heteroatoms. The number of phenols is 1. The van der Waals surface area contributed by atoms with E-state index in [-0.39, 0.29) is 11.1 Å². The average molecular weight is 146 g/mol. The third-order valence-electron chi connectivity index (χ3n) is 1.61. The third kappa shape index (κ3) is 2.00. The molecular weight excluding hydrogens is 135 g/mol. The minimum Gasteiger partial charge on any atom is -0.508 e. The topological polar surface area (TPSA) is 20.2 Å². The van der Waals surface area contributed by atoms with Crippen LogP contribution in [0.5, 0.6) is 5.75 Å². The summed E-state index contributed by atoms with van der Waals surface area (Å²) in [4.78, 5) is 0. The van der Waals surface area contributed by atoms with Gasteiger partial charge in [-0.1, -0.05) is 31.5 Å². The van der Waals surface area contributed by atoms with Crippen LogP contribution in [-0.2, 0) is 5.31 Å². The van der Waals surface area contributed by atoms with Gasteiger partial charge in [-0.15, -0.1) is 0 Å². The van der Waals surface area contributed by atoms with E-state index in [1.54, 1.807) is 12.1 Å². The Morgan fingerprint density at radius 3 is 2.00 bits per heavy atom. The van der Waals surface area contributed by atoms with Gasteiger partial charge in [0.1, 0.15) is 5.75 Å². The molecule has 0 saturated heterocycles. The Hall–Kier alpha value is -0.915. The van der Waals surface area contributed by atoms with Crippen LogP contribution in [0.15, 0.2) is 24.3 Å². The molecule has 0 heterocycles. The van der Waals surface area contributed by atoms with Crippen LogP contribution in [0.25, 0.3) is 0 Å². The van der Waals surface area contributed by atoms with Crippen LogP contribution in [0, 0.1) is 0 Å². The van der Waals surface area contributed by atoms with E-state index < -0.39 is 0 Å². The molecule has 1 nitrogen and oxygen atoms in total. The van der Waals surface area contributed by atoms with Crippen LogP contribution in [0.2, 0.25) is 0 Å². The highest BCUT2D eigenvalue weighted by Crippen LogP contribution is 2.20. The van der Waals surface area contributed by atoms with Gasteiger partial charge in [0.2, 0.25) is 0 Å². The molecule has 0 bridgehead atoms. The molecule has 2 radical (unpaired) electrons. The smallest absolute Gasteiger partial charge is 0.115 e.